The Kier molecular flexibility index (Phi) is 5.88. The van der Waals surface area contributed by atoms with Gasteiger partial charge in [-0.3, -0.25) is 4.79 Å². The molecule has 0 unspecified atom stereocenters. The first kappa shape index (κ1) is 15.6. The van der Waals surface area contributed by atoms with Crippen LogP contribution in [0, 0.1) is 16.0 Å². The molecule has 0 aliphatic carbocycles. The number of nitrogens with zero attached hydrogens (tertiary/aromatic N) is 2. The molecule has 0 saturated carbocycles. The smallest absolute Gasteiger partial charge is 0.358 e. The van der Waals surface area contributed by atoms with E-state index in [4.69, 9.17) is 0 Å². The number of halogens is 1. The third-order valence-corrected chi connectivity index (χ3v) is 3.15. The van der Waals surface area contributed by atoms with E-state index in [9.17, 15) is 14.9 Å². The van der Waals surface area contributed by atoms with Crippen molar-refractivity contribution in [1.82, 2.24) is 10.3 Å². The molecule has 1 N–H and O–H groups in total. The van der Waals surface area contributed by atoms with Gasteiger partial charge in [0.1, 0.15) is 0 Å². The Morgan fingerprint density at radius 3 is 2.84 bits per heavy atom. The Labute approximate surface area is 119 Å². The van der Waals surface area contributed by atoms with Gasteiger partial charge in [-0.2, -0.15) is 0 Å². The fourth-order valence-corrected chi connectivity index (χ4v) is 1.91. The van der Waals surface area contributed by atoms with Crippen LogP contribution >= 0.6 is 15.9 Å². The first-order chi connectivity index (χ1) is 8.91. The van der Waals surface area contributed by atoms with Crippen LogP contribution in [0.15, 0.2) is 16.7 Å². The number of aromatic nitrogens is 1. The fraction of sp³-hybridized carbons (Fsp3) is 0.500. The van der Waals surface area contributed by atoms with Gasteiger partial charge in [-0.15, -0.1) is 0 Å². The maximum Gasteiger partial charge on any atom is 0.364 e. The van der Waals surface area contributed by atoms with Gasteiger partial charge in [-0.05, 0) is 44.6 Å². The molecule has 6 nitrogen and oxygen atoms in total. The quantitative estimate of drug-likeness (QED) is 0.494. The number of hydrogen-bond donors (Lipinski definition) is 1. The van der Waals surface area contributed by atoms with E-state index in [-0.39, 0.29) is 17.3 Å². The van der Waals surface area contributed by atoms with Gasteiger partial charge in [0.15, 0.2) is 6.20 Å². The van der Waals surface area contributed by atoms with Crippen molar-refractivity contribution in [2.75, 3.05) is 6.54 Å². The molecule has 1 aromatic heterocycles. The maximum atomic E-state index is 11.9. The predicted molar refractivity (Wildman–Crippen MR) is 75.0 cm³/mol. The van der Waals surface area contributed by atoms with E-state index in [0.29, 0.717) is 16.9 Å². The van der Waals surface area contributed by atoms with E-state index >= 15 is 0 Å². The first-order valence-electron chi connectivity index (χ1n) is 6.00. The summed E-state index contributed by atoms with van der Waals surface area (Å²) in [6.45, 7) is 4.79. The molecule has 1 amide bonds. The van der Waals surface area contributed by atoms with Crippen molar-refractivity contribution in [2.45, 2.75) is 26.7 Å². The molecular weight excluding hydrogens is 314 g/mol. The van der Waals surface area contributed by atoms with Crippen molar-refractivity contribution in [3.05, 3.63) is 32.4 Å². The molecule has 0 aromatic carbocycles. The lowest BCUT2D eigenvalue weighted by Gasteiger charge is -2.07. The van der Waals surface area contributed by atoms with E-state index in [1.165, 1.54) is 12.3 Å². The predicted octanol–water partition coefficient (Wildman–Crippen LogP) is 2.92. The average molecular weight is 330 g/mol. The van der Waals surface area contributed by atoms with Gasteiger partial charge in [-0.1, -0.05) is 13.8 Å². The maximum absolute atomic E-state index is 11.9. The molecule has 1 rings (SSSR count). The molecule has 104 valence electrons. The summed E-state index contributed by atoms with van der Waals surface area (Å²) in [6, 6.07) is 1.17. The van der Waals surface area contributed by atoms with Crippen LogP contribution in [0.1, 0.15) is 37.0 Å². The topological polar surface area (TPSA) is 85.1 Å². The van der Waals surface area contributed by atoms with Crippen LogP contribution in [0.25, 0.3) is 0 Å². The minimum absolute atomic E-state index is 0.228. The number of hydrogen-bond acceptors (Lipinski definition) is 4. The molecule has 7 heteroatoms. The summed E-state index contributed by atoms with van der Waals surface area (Å²) in [7, 11) is 0. The summed E-state index contributed by atoms with van der Waals surface area (Å²) < 4.78 is 0.444. The van der Waals surface area contributed by atoms with E-state index < -0.39 is 4.92 Å². The van der Waals surface area contributed by atoms with Crippen LogP contribution in [0.5, 0.6) is 0 Å². The highest BCUT2D eigenvalue weighted by Crippen LogP contribution is 2.19. The molecule has 1 heterocycles. The molecule has 0 radical (unpaired) electrons. The zero-order valence-corrected chi connectivity index (χ0v) is 12.4. The van der Waals surface area contributed by atoms with E-state index in [1.807, 2.05) is 0 Å². The normalized spacial score (nSPS) is 10.5. The van der Waals surface area contributed by atoms with Crippen molar-refractivity contribution in [3.8, 4) is 0 Å². The highest BCUT2D eigenvalue weighted by atomic mass is 79.9. The Morgan fingerprint density at radius 1 is 1.58 bits per heavy atom. The van der Waals surface area contributed by atoms with Crippen LogP contribution < -0.4 is 5.32 Å². The molecule has 0 spiro atoms. The molecule has 0 saturated heterocycles. The number of nitrogens with one attached hydrogen (secondary N) is 1. The van der Waals surface area contributed by atoms with Gasteiger partial charge in [0, 0.05) is 12.6 Å². The van der Waals surface area contributed by atoms with Crippen molar-refractivity contribution < 1.29 is 9.72 Å². The van der Waals surface area contributed by atoms with E-state index in [1.54, 1.807) is 0 Å². The number of carbonyl (C=O) groups is 1. The van der Waals surface area contributed by atoms with Gasteiger partial charge >= 0.3 is 5.82 Å². The van der Waals surface area contributed by atoms with Crippen molar-refractivity contribution in [1.29, 1.82) is 0 Å². The number of nitro groups is 1. The summed E-state index contributed by atoms with van der Waals surface area (Å²) >= 11 is 3.17. The van der Waals surface area contributed by atoms with Gasteiger partial charge in [0.25, 0.3) is 5.91 Å². The number of pyridine rings is 1. The Hall–Kier alpha value is -1.50. The third-order valence-electron chi connectivity index (χ3n) is 2.52. The lowest BCUT2D eigenvalue weighted by atomic mass is 10.1. The molecule has 0 fully saturated rings. The largest absolute Gasteiger partial charge is 0.364 e. The third kappa shape index (κ3) is 4.94. The molecule has 0 aliphatic heterocycles. The Bertz CT molecular complexity index is 477. The molecule has 0 bridgehead atoms. The minimum Gasteiger partial charge on any atom is -0.358 e. The second kappa shape index (κ2) is 7.18. The highest BCUT2D eigenvalue weighted by molar-refractivity contribution is 9.10. The summed E-state index contributed by atoms with van der Waals surface area (Å²) in [6.07, 6.45) is 3.17. The van der Waals surface area contributed by atoms with Gasteiger partial charge < -0.3 is 15.4 Å². The zero-order chi connectivity index (χ0) is 14.4. The average Bonchev–Trinajstić information content (AvgIpc) is 2.34. The summed E-state index contributed by atoms with van der Waals surface area (Å²) in [5.74, 6) is -0.0812. The molecule has 0 atom stereocenters. The second-order valence-electron chi connectivity index (χ2n) is 4.57. The molecule has 0 aliphatic rings. The van der Waals surface area contributed by atoms with Crippen LogP contribution in [-0.2, 0) is 0 Å². The number of carbonyl (C=O) groups excluding carboxylic acids is 1. The van der Waals surface area contributed by atoms with Crippen molar-refractivity contribution in [3.63, 3.8) is 0 Å². The zero-order valence-electron chi connectivity index (χ0n) is 10.9. The van der Waals surface area contributed by atoms with E-state index in [0.717, 1.165) is 12.8 Å². The SMILES string of the molecule is CC(C)CCCNC(=O)c1cc([N+](=O)[O-])ncc1Br. The van der Waals surface area contributed by atoms with Gasteiger partial charge in [-0.25, -0.2) is 0 Å². The number of rotatable bonds is 6. The highest BCUT2D eigenvalue weighted by Gasteiger charge is 2.17. The first-order valence-corrected chi connectivity index (χ1v) is 6.79. The standard InChI is InChI=1S/C12H16BrN3O3/c1-8(2)4-3-5-14-12(17)9-6-11(16(18)19)15-7-10(9)13/h6-8H,3-5H2,1-2H3,(H,14,17). The monoisotopic (exact) mass is 329 g/mol. The number of amides is 1. The lowest BCUT2D eigenvalue weighted by Crippen LogP contribution is -2.25. The summed E-state index contributed by atoms with van der Waals surface area (Å²) in [5, 5.41) is 13.4. The van der Waals surface area contributed by atoms with Gasteiger partial charge in [0.2, 0.25) is 0 Å². The lowest BCUT2D eigenvalue weighted by molar-refractivity contribution is -0.389. The van der Waals surface area contributed by atoms with Crippen LogP contribution in [-0.4, -0.2) is 22.4 Å². The van der Waals surface area contributed by atoms with Gasteiger partial charge in [0.05, 0.1) is 10.0 Å². The van der Waals surface area contributed by atoms with E-state index in [2.05, 4.69) is 40.1 Å². The van der Waals surface area contributed by atoms with Crippen molar-refractivity contribution >= 4 is 27.7 Å². The molecular formula is C12H16BrN3O3. The van der Waals surface area contributed by atoms with Crippen LogP contribution in [0.4, 0.5) is 5.82 Å². The van der Waals surface area contributed by atoms with Crippen molar-refractivity contribution in [2.24, 2.45) is 5.92 Å². The van der Waals surface area contributed by atoms with Crippen LogP contribution in [0.3, 0.4) is 0 Å². The summed E-state index contributed by atoms with van der Waals surface area (Å²) in [5.41, 5.74) is 0.228. The molecule has 19 heavy (non-hydrogen) atoms. The molecule has 1 aromatic rings. The summed E-state index contributed by atoms with van der Waals surface area (Å²) in [4.78, 5) is 25.5. The Morgan fingerprint density at radius 2 is 2.26 bits per heavy atom. The fourth-order valence-electron chi connectivity index (χ4n) is 1.51. The van der Waals surface area contributed by atoms with Crippen LogP contribution in [0.2, 0.25) is 0 Å². The minimum atomic E-state index is -0.623. The second-order valence-corrected chi connectivity index (χ2v) is 5.43. The Balaban J connectivity index is 2.66.